The van der Waals surface area contributed by atoms with Crippen molar-refractivity contribution < 1.29 is 4.79 Å². The molecule has 0 saturated carbocycles. The molecule has 1 atom stereocenters. The van der Waals surface area contributed by atoms with E-state index in [-0.39, 0.29) is 5.91 Å². The number of aliphatic imine (C=N–C) groups is 1. The predicted molar refractivity (Wildman–Crippen MR) is 130 cm³/mol. The van der Waals surface area contributed by atoms with Gasteiger partial charge in [-0.05, 0) is 49.2 Å². The standard InChI is InChI=1S/C25H34N6O/c1-26-25(29-18-23(30-14-5-6-15-30)21-7-3-2-4-8-21)28-17-20-9-11-22(12-10-20)31-16-13-27-24(32)19-31/h2-4,7-12,23H,5-6,13-19H2,1H3,(H,27,32)(H2,26,28,29). The smallest absolute Gasteiger partial charge is 0.239 e. The summed E-state index contributed by atoms with van der Waals surface area (Å²) in [7, 11) is 1.81. The van der Waals surface area contributed by atoms with E-state index >= 15 is 0 Å². The van der Waals surface area contributed by atoms with Crippen molar-refractivity contribution in [3.8, 4) is 0 Å². The van der Waals surface area contributed by atoms with E-state index in [1.807, 2.05) is 7.05 Å². The Bertz CT molecular complexity index is 892. The van der Waals surface area contributed by atoms with Gasteiger partial charge >= 0.3 is 0 Å². The Kier molecular flexibility index (Phi) is 7.61. The number of nitrogens with zero attached hydrogens (tertiary/aromatic N) is 3. The second-order valence-electron chi connectivity index (χ2n) is 8.41. The zero-order valence-electron chi connectivity index (χ0n) is 18.9. The number of carbonyl (C=O) groups excluding carboxylic acids is 1. The van der Waals surface area contributed by atoms with Crippen LogP contribution < -0.4 is 20.9 Å². The SMILES string of the molecule is CN=C(NCc1ccc(N2CCNC(=O)C2)cc1)NCC(c1ccccc1)N1CCCC1. The molecule has 4 rings (SSSR count). The average molecular weight is 435 g/mol. The topological polar surface area (TPSA) is 72.0 Å². The van der Waals surface area contributed by atoms with Crippen LogP contribution in [-0.4, -0.2) is 63.1 Å². The predicted octanol–water partition coefficient (Wildman–Crippen LogP) is 2.12. The van der Waals surface area contributed by atoms with Gasteiger partial charge < -0.3 is 20.9 Å². The molecule has 2 aromatic rings. The van der Waals surface area contributed by atoms with E-state index in [2.05, 4.69) is 85.3 Å². The van der Waals surface area contributed by atoms with E-state index in [1.165, 1.54) is 24.0 Å². The lowest BCUT2D eigenvalue weighted by molar-refractivity contribution is -0.120. The quantitative estimate of drug-likeness (QED) is 0.460. The highest BCUT2D eigenvalue weighted by Gasteiger charge is 2.23. The molecule has 3 N–H and O–H groups in total. The molecule has 2 aliphatic heterocycles. The summed E-state index contributed by atoms with van der Waals surface area (Å²) in [6, 6.07) is 19.5. The fourth-order valence-electron chi connectivity index (χ4n) is 4.47. The normalized spacial score (nSPS) is 18.3. The minimum atomic E-state index is 0.0830. The molecule has 0 spiro atoms. The number of anilines is 1. The maximum Gasteiger partial charge on any atom is 0.239 e. The molecule has 2 aliphatic rings. The van der Waals surface area contributed by atoms with Crippen LogP contribution in [-0.2, 0) is 11.3 Å². The second kappa shape index (κ2) is 11.0. The van der Waals surface area contributed by atoms with Crippen molar-refractivity contribution in [3.05, 3.63) is 65.7 Å². The number of rotatable bonds is 7. The molecule has 32 heavy (non-hydrogen) atoms. The molecule has 0 radical (unpaired) electrons. The summed E-state index contributed by atoms with van der Waals surface area (Å²) in [6.45, 7) is 5.79. The first-order chi connectivity index (χ1) is 15.7. The first-order valence-corrected chi connectivity index (χ1v) is 11.6. The van der Waals surface area contributed by atoms with Crippen molar-refractivity contribution in [2.75, 3.05) is 51.2 Å². The molecule has 2 aromatic carbocycles. The third kappa shape index (κ3) is 5.79. The molecule has 2 fully saturated rings. The van der Waals surface area contributed by atoms with E-state index in [1.54, 1.807) is 0 Å². The minimum absolute atomic E-state index is 0.0830. The number of likely N-dealkylation sites (tertiary alicyclic amines) is 1. The molecule has 170 valence electrons. The van der Waals surface area contributed by atoms with E-state index in [0.717, 1.165) is 37.8 Å². The Balaban J connectivity index is 1.31. The molecule has 0 aromatic heterocycles. The van der Waals surface area contributed by atoms with E-state index in [0.29, 0.717) is 25.7 Å². The second-order valence-corrected chi connectivity index (χ2v) is 8.41. The molecule has 7 heteroatoms. The lowest BCUT2D eigenvalue weighted by atomic mass is 10.1. The van der Waals surface area contributed by atoms with Crippen LogP contribution in [0.5, 0.6) is 0 Å². The van der Waals surface area contributed by atoms with Gasteiger partial charge in [0.2, 0.25) is 5.91 Å². The van der Waals surface area contributed by atoms with Gasteiger partial charge in [0.15, 0.2) is 5.96 Å². The third-order valence-corrected chi connectivity index (χ3v) is 6.25. The van der Waals surface area contributed by atoms with Gasteiger partial charge in [0.25, 0.3) is 0 Å². The molecular weight excluding hydrogens is 400 g/mol. The van der Waals surface area contributed by atoms with Crippen molar-refractivity contribution >= 4 is 17.6 Å². The molecule has 1 amide bonds. The van der Waals surface area contributed by atoms with E-state index < -0.39 is 0 Å². The van der Waals surface area contributed by atoms with E-state index in [4.69, 9.17) is 0 Å². The summed E-state index contributed by atoms with van der Waals surface area (Å²) in [5.41, 5.74) is 3.61. The van der Waals surface area contributed by atoms with Crippen LogP contribution >= 0.6 is 0 Å². The number of amides is 1. The van der Waals surface area contributed by atoms with Crippen LogP contribution in [0.3, 0.4) is 0 Å². The summed E-state index contributed by atoms with van der Waals surface area (Å²) in [4.78, 5) is 20.7. The molecule has 1 unspecified atom stereocenters. The van der Waals surface area contributed by atoms with Crippen LogP contribution in [0.1, 0.15) is 30.0 Å². The van der Waals surface area contributed by atoms with Gasteiger partial charge in [-0.25, -0.2) is 0 Å². The number of hydrogen-bond donors (Lipinski definition) is 3. The van der Waals surface area contributed by atoms with E-state index in [9.17, 15) is 4.79 Å². The Labute approximate surface area is 190 Å². The third-order valence-electron chi connectivity index (χ3n) is 6.25. The van der Waals surface area contributed by atoms with Gasteiger partial charge in [0.1, 0.15) is 0 Å². The van der Waals surface area contributed by atoms with Crippen molar-refractivity contribution in [3.63, 3.8) is 0 Å². The van der Waals surface area contributed by atoms with Crippen LogP contribution in [0.4, 0.5) is 5.69 Å². The number of nitrogens with one attached hydrogen (secondary N) is 3. The molecule has 2 heterocycles. The fourth-order valence-corrected chi connectivity index (χ4v) is 4.47. The van der Waals surface area contributed by atoms with Crippen molar-refractivity contribution in [2.24, 2.45) is 4.99 Å². The number of hydrogen-bond acceptors (Lipinski definition) is 4. The van der Waals surface area contributed by atoms with Crippen LogP contribution in [0.15, 0.2) is 59.6 Å². The Morgan fingerprint density at radius 2 is 1.78 bits per heavy atom. The minimum Gasteiger partial charge on any atom is -0.360 e. The number of carbonyl (C=O) groups is 1. The number of benzene rings is 2. The largest absolute Gasteiger partial charge is 0.360 e. The zero-order chi connectivity index (χ0) is 22.2. The summed E-state index contributed by atoms with van der Waals surface area (Å²) in [6.07, 6.45) is 2.54. The Morgan fingerprint density at radius 1 is 1.03 bits per heavy atom. The Morgan fingerprint density at radius 3 is 2.47 bits per heavy atom. The van der Waals surface area contributed by atoms with Gasteiger partial charge in [-0.3, -0.25) is 14.7 Å². The maximum atomic E-state index is 11.6. The summed E-state index contributed by atoms with van der Waals surface area (Å²) >= 11 is 0. The van der Waals surface area contributed by atoms with Crippen molar-refractivity contribution in [1.82, 2.24) is 20.9 Å². The molecule has 0 aliphatic carbocycles. The van der Waals surface area contributed by atoms with Crippen molar-refractivity contribution in [2.45, 2.75) is 25.4 Å². The van der Waals surface area contributed by atoms with Gasteiger partial charge in [-0.1, -0.05) is 42.5 Å². The number of piperazine rings is 1. The van der Waals surface area contributed by atoms with Crippen LogP contribution in [0.2, 0.25) is 0 Å². The first kappa shape index (κ1) is 22.1. The Hall–Kier alpha value is -3.06. The number of guanidine groups is 1. The highest BCUT2D eigenvalue weighted by molar-refractivity contribution is 5.82. The molecule has 2 saturated heterocycles. The average Bonchev–Trinajstić information content (AvgIpc) is 3.37. The fraction of sp³-hybridized carbons (Fsp3) is 0.440. The summed E-state index contributed by atoms with van der Waals surface area (Å²) < 4.78 is 0. The first-order valence-electron chi connectivity index (χ1n) is 11.6. The molecule has 0 bridgehead atoms. The maximum absolute atomic E-state index is 11.6. The molecule has 7 nitrogen and oxygen atoms in total. The van der Waals surface area contributed by atoms with Crippen LogP contribution in [0, 0.1) is 0 Å². The van der Waals surface area contributed by atoms with Gasteiger partial charge in [-0.2, -0.15) is 0 Å². The molecular formula is C25H34N6O. The van der Waals surface area contributed by atoms with Crippen molar-refractivity contribution in [1.29, 1.82) is 0 Å². The van der Waals surface area contributed by atoms with Gasteiger partial charge in [-0.15, -0.1) is 0 Å². The van der Waals surface area contributed by atoms with Gasteiger partial charge in [0.05, 0.1) is 12.6 Å². The lowest BCUT2D eigenvalue weighted by Crippen LogP contribution is -2.47. The van der Waals surface area contributed by atoms with Gasteiger partial charge in [0, 0.05) is 38.9 Å². The summed E-state index contributed by atoms with van der Waals surface area (Å²) in [5.74, 6) is 0.890. The monoisotopic (exact) mass is 434 g/mol. The van der Waals surface area contributed by atoms with Crippen LogP contribution in [0.25, 0.3) is 0 Å². The summed E-state index contributed by atoms with van der Waals surface area (Å²) in [5, 5.41) is 9.83. The highest BCUT2D eigenvalue weighted by Crippen LogP contribution is 2.24. The highest BCUT2D eigenvalue weighted by atomic mass is 16.2. The lowest BCUT2D eigenvalue weighted by Gasteiger charge is -2.29. The zero-order valence-corrected chi connectivity index (χ0v) is 18.9.